The molecular formula is C19H22N6. The first-order chi connectivity index (χ1) is 12.1. The van der Waals surface area contributed by atoms with Crippen molar-refractivity contribution in [2.45, 2.75) is 13.3 Å². The Labute approximate surface area is 147 Å². The fourth-order valence-electron chi connectivity index (χ4n) is 2.69. The highest BCUT2D eigenvalue weighted by atomic mass is 15.2. The molecule has 0 aliphatic carbocycles. The van der Waals surface area contributed by atoms with E-state index in [-0.39, 0.29) is 0 Å². The molecule has 0 amide bonds. The molecule has 3 aromatic rings. The van der Waals surface area contributed by atoms with Gasteiger partial charge in [-0.3, -0.25) is 4.40 Å². The van der Waals surface area contributed by atoms with Gasteiger partial charge < -0.3 is 10.2 Å². The highest BCUT2D eigenvalue weighted by Crippen LogP contribution is 2.22. The van der Waals surface area contributed by atoms with Crippen molar-refractivity contribution < 1.29 is 0 Å². The Hall–Kier alpha value is -2.91. The lowest BCUT2D eigenvalue weighted by Crippen LogP contribution is -2.17. The van der Waals surface area contributed by atoms with Crippen molar-refractivity contribution in [3.05, 3.63) is 47.8 Å². The van der Waals surface area contributed by atoms with Gasteiger partial charge in [-0.05, 0) is 46.1 Å². The molecule has 6 nitrogen and oxygen atoms in total. The molecule has 1 N–H and O–H groups in total. The van der Waals surface area contributed by atoms with Crippen LogP contribution in [-0.4, -0.2) is 46.5 Å². The number of hydrogen-bond acceptors (Lipinski definition) is 5. The van der Waals surface area contributed by atoms with Crippen molar-refractivity contribution in [3.63, 3.8) is 0 Å². The Morgan fingerprint density at radius 1 is 1.20 bits per heavy atom. The molecule has 0 aliphatic heterocycles. The van der Waals surface area contributed by atoms with E-state index in [0.29, 0.717) is 11.3 Å². The summed E-state index contributed by atoms with van der Waals surface area (Å²) in [4.78, 5) is 11.3. The van der Waals surface area contributed by atoms with Crippen LogP contribution in [-0.2, 0) is 0 Å². The molecule has 0 aliphatic rings. The number of anilines is 1. The van der Waals surface area contributed by atoms with Crippen LogP contribution in [0.4, 0.5) is 5.82 Å². The number of hydrogen-bond donors (Lipinski definition) is 1. The molecular weight excluding hydrogens is 312 g/mol. The fraction of sp³-hybridized carbons (Fsp3) is 0.316. The predicted molar refractivity (Wildman–Crippen MR) is 99.5 cm³/mol. The monoisotopic (exact) mass is 334 g/mol. The summed E-state index contributed by atoms with van der Waals surface area (Å²) in [7, 11) is 4.16. The normalized spacial score (nSPS) is 11.0. The molecule has 0 saturated heterocycles. The summed E-state index contributed by atoms with van der Waals surface area (Å²) in [6.07, 6.45) is 3.05. The van der Waals surface area contributed by atoms with Gasteiger partial charge in [0.15, 0.2) is 0 Å². The molecule has 0 atom stereocenters. The molecule has 0 saturated carbocycles. The van der Waals surface area contributed by atoms with E-state index in [2.05, 4.69) is 40.3 Å². The smallest absolute Gasteiger partial charge is 0.236 e. The molecule has 2 aromatic heterocycles. The molecule has 0 bridgehead atoms. The number of aryl methyl sites for hydroxylation is 1. The van der Waals surface area contributed by atoms with Crippen molar-refractivity contribution in [1.82, 2.24) is 19.3 Å². The lowest BCUT2D eigenvalue weighted by molar-refractivity contribution is 0.405. The number of benzene rings is 1. The molecule has 6 heteroatoms. The maximum absolute atomic E-state index is 8.93. The minimum absolute atomic E-state index is 0.643. The van der Waals surface area contributed by atoms with Crippen LogP contribution in [0.2, 0.25) is 0 Å². The van der Waals surface area contributed by atoms with Crippen LogP contribution < -0.4 is 5.32 Å². The number of nitriles is 1. The SMILES string of the molecule is Cc1cc(NCCCN(C)C)n2cc(-c3ccc(C#N)cc3)nc2n1. The molecule has 0 radical (unpaired) electrons. The van der Waals surface area contributed by atoms with Crippen LogP contribution >= 0.6 is 0 Å². The van der Waals surface area contributed by atoms with Crippen molar-refractivity contribution in [2.75, 3.05) is 32.5 Å². The lowest BCUT2D eigenvalue weighted by atomic mass is 10.1. The van der Waals surface area contributed by atoms with E-state index in [4.69, 9.17) is 5.26 Å². The van der Waals surface area contributed by atoms with Crippen LogP contribution in [0.3, 0.4) is 0 Å². The first kappa shape index (κ1) is 16.9. The van der Waals surface area contributed by atoms with Crippen LogP contribution in [0, 0.1) is 18.3 Å². The molecule has 3 rings (SSSR count). The minimum Gasteiger partial charge on any atom is -0.371 e. The topological polar surface area (TPSA) is 69.2 Å². The van der Waals surface area contributed by atoms with E-state index in [9.17, 15) is 0 Å². The van der Waals surface area contributed by atoms with Gasteiger partial charge in [-0.1, -0.05) is 12.1 Å². The quantitative estimate of drug-likeness (QED) is 0.702. The summed E-state index contributed by atoms with van der Waals surface area (Å²) in [5, 5.41) is 12.4. The second-order valence-electron chi connectivity index (χ2n) is 6.35. The zero-order valence-electron chi connectivity index (χ0n) is 14.8. The molecule has 0 spiro atoms. The summed E-state index contributed by atoms with van der Waals surface area (Å²) in [6.45, 7) is 3.91. The average Bonchev–Trinajstić information content (AvgIpc) is 3.02. The Kier molecular flexibility index (Phi) is 4.96. The minimum atomic E-state index is 0.643. The number of imidazole rings is 1. The number of nitrogens with zero attached hydrogens (tertiary/aromatic N) is 5. The summed E-state index contributed by atoms with van der Waals surface area (Å²) < 4.78 is 1.98. The van der Waals surface area contributed by atoms with Crippen molar-refractivity contribution in [3.8, 4) is 17.3 Å². The Bertz CT molecular complexity index is 902. The number of nitrogens with one attached hydrogen (secondary N) is 1. The maximum atomic E-state index is 8.93. The summed E-state index contributed by atoms with van der Waals surface area (Å²) >= 11 is 0. The number of fused-ring (bicyclic) bond motifs is 1. The Balaban J connectivity index is 1.88. The molecule has 25 heavy (non-hydrogen) atoms. The first-order valence-corrected chi connectivity index (χ1v) is 8.33. The maximum Gasteiger partial charge on any atom is 0.236 e. The molecule has 2 heterocycles. The number of rotatable bonds is 6. The largest absolute Gasteiger partial charge is 0.371 e. The highest BCUT2D eigenvalue weighted by molar-refractivity contribution is 5.64. The van der Waals surface area contributed by atoms with Gasteiger partial charge in [0.2, 0.25) is 5.78 Å². The van der Waals surface area contributed by atoms with Gasteiger partial charge >= 0.3 is 0 Å². The second kappa shape index (κ2) is 7.32. The molecule has 0 unspecified atom stereocenters. The predicted octanol–water partition coefficient (Wildman–Crippen LogP) is 2.94. The highest BCUT2D eigenvalue weighted by Gasteiger charge is 2.09. The zero-order valence-corrected chi connectivity index (χ0v) is 14.8. The van der Waals surface area contributed by atoms with Gasteiger partial charge in [-0.25, -0.2) is 9.97 Å². The van der Waals surface area contributed by atoms with Crippen LogP contribution in [0.5, 0.6) is 0 Å². The Morgan fingerprint density at radius 3 is 2.64 bits per heavy atom. The molecule has 0 fully saturated rings. The Morgan fingerprint density at radius 2 is 1.96 bits per heavy atom. The van der Waals surface area contributed by atoms with E-state index in [1.165, 1.54) is 0 Å². The van der Waals surface area contributed by atoms with Gasteiger partial charge in [0.25, 0.3) is 0 Å². The molecule has 1 aromatic carbocycles. The summed E-state index contributed by atoms with van der Waals surface area (Å²) in [5.74, 6) is 1.67. The third-order valence-electron chi connectivity index (χ3n) is 3.97. The second-order valence-corrected chi connectivity index (χ2v) is 6.35. The average molecular weight is 334 g/mol. The van der Waals surface area contributed by atoms with Gasteiger partial charge in [0.05, 0.1) is 17.3 Å². The van der Waals surface area contributed by atoms with Crippen LogP contribution in [0.25, 0.3) is 17.0 Å². The summed E-state index contributed by atoms with van der Waals surface area (Å²) in [6, 6.07) is 11.6. The van der Waals surface area contributed by atoms with E-state index < -0.39 is 0 Å². The molecule has 128 valence electrons. The van der Waals surface area contributed by atoms with Gasteiger partial charge in [0.1, 0.15) is 5.82 Å². The van der Waals surface area contributed by atoms with E-state index in [0.717, 1.165) is 42.3 Å². The first-order valence-electron chi connectivity index (χ1n) is 8.33. The van der Waals surface area contributed by atoms with Crippen molar-refractivity contribution in [1.29, 1.82) is 5.26 Å². The van der Waals surface area contributed by atoms with Crippen molar-refractivity contribution in [2.24, 2.45) is 0 Å². The third kappa shape index (κ3) is 3.95. The number of aromatic nitrogens is 3. The van der Waals surface area contributed by atoms with E-state index >= 15 is 0 Å². The summed E-state index contributed by atoms with van der Waals surface area (Å²) in [5.41, 5.74) is 3.39. The van der Waals surface area contributed by atoms with Gasteiger partial charge in [-0.2, -0.15) is 5.26 Å². The third-order valence-corrected chi connectivity index (χ3v) is 3.97. The van der Waals surface area contributed by atoms with Crippen molar-refractivity contribution >= 4 is 11.6 Å². The van der Waals surface area contributed by atoms with E-state index in [1.54, 1.807) is 12.1 Å². The van der Waals surface area contributed by atoms with Gasteiger partial charge in [-0.15, -0.1) is 0 Å². The fourth-order valence-corrected chi connectivity index (χ4v) is 2.69. The van der Waals surface area contributed by atoms with E-state index in [1.807, 2.05) is 35.7 Å². The zero-order chi connectivity index (χ0) is 17.8. The standard InChI is InChI=1S/C19H22N6/c1-14-11-18(21-9-4-10-24(2)3)25-13-17(23-19(25)22-14)16-7-5-15(12-20)6-8-16/h5-8,11,13,21H,4,9-10H2,1-3H3. The van der Waals surface area contributed by atoms with Gasteiger partial charge in [0, 0.05) is 30.1 Å². The van der Waals surface area contributed by atoms with Crippen LogP contribution in [0.1, 0.15) is 17.7 Å². The lowest BCUT2D eigenvalue weighted by Gasteiger charge is -2.12. The van der Waals surface area contributed by atoms with Crippen LogP contribution in [0.15, 0.2) is 36.5 Å².